The molecular weight excluding hydrogens is 342 g/mol. The van der Waals surface area contributed by atoms with Crippen molar-refractivity contribution in [3.05, 3.63) is 70.2 Å². The summed E-state index contributed by atoms with van der Waals surface area (Å²) in [5, 5.41) is 3.97. The quantitative estimate of drug-likeness (QED) is 0.458. The molecule has 0 radical (unpaired) electrons. The fraction of sp³-hybridized carbons (Fsp3) is 0.222. The van der Waals surface area contributed by atoms with Gasteiger partial charge in [-0.1, -0.05) is 63.6 Å². The van der Waals surface area contributed by atoms with Crippen LogP contribution in [0.2, 0.25) is 0 Å². The van der Waals surface area contributed by atoms with Gasteiger partial charge in [-0.15, -0.1) is 0 Å². The zero-order valence-electron chi connectivity index (χ0n) is 12.2. The van der Waals surface area contributed by atoms with Crippen molar-refractivity contribution in [2.75, 3.05) is 0 Å². The normalized spacial score (nSPS) is 20.5. The first-order valence-electron chi connectivity index (χ1n) is 7.21. The molecule has 3 rings (SSSR count). The van der Waals surface area contributed by atoms with Gasteiger partial charge in [0.1, 0.15) is 0 Å². The van der Waals surface area contributed by atoms with Gasteiger partial charge in [-0.05, 0) is 42.5 Å². The van der Waals surface area contributed by atoms with E-state index in [9.17, 15) is 4.79 Å². The van der Waals surface area contributed by atoms with Crippen LogP contribution in [0.5, 0.6) is 0 Å². The second kappa shape index (κ2) is 6.44. The van der Waals surface area contributed by atoms with Crippen LogP contribution in [-0.2, 0) is 9.63 Å². The summed E-state index contributed by atoms with van der Waals surface area (Å²) >= 11 is 3.39. The summed E-state index contributed by atoms with van der Waals surface area (Å²) in [6.07, 6.45) is 0.843. The zero-order chi connectivity index (χ0) is 15.5. The molecule has 112 valence electrons. The number of halogens is 1. The van der Waals surface area contributed by atoms with Crippen LogP contribution in [0.3, 0.4) is 0 Å². The molecule has 2 aromatic rings. The van der Waals surface area contributed by atoms with Gasteiger partial charge < -0.3 is 4.84 Å². The molecule has 0 heterocycles. The minimum absolute atomic E-state index is 0.0659. The first-order chi connectivity index (χ1) is 10.6. The molecule has 1 aliphatic rings. The highest BCUT2D eigenvalue weighted by atomic mass is 79.9. The van der Waals surface area contributed by atoms with Gasteiger partial charge in [0.15, 0.2) is 0 Å². The molecule has 1 fully saturated rings. The number of hydrogen-bond donors (Lipinski definition) is 0. The standard InChI is InChI=1S/C18H16BrNO2/c1-12(13-7-9-15(19)10-8-13)20-22-18(21)17-11-16(17)14-5-3-2-4-6-14/h2-10,16-17H,11H2,1H3/t16-,17+/m0/s1. The fourth-order valence-corrected chi connectivity index (χ4v) is 2.71. The highest BCUT2D eigenvalue weighted by molar-refractivity contribution is 9.10. The molecule has 22 heavy (non-hydrogen) atoms. The highest BCUT2D eigenvalue weighted by Crippen LogP contribution is 2.48. The Morgan fingerprint density at radius 1 is 1.14 bits per heavy atom. The average molecular weight is 358 g/mol. The Hall–Kier alpha value is -1.94. The van der Waals surface area contributed by atoms with Crippen LogP contribution in [0.25, 0.3) is 0 Å². The molecule has 2 aromatic carbocycles. The SMILES string of the molecule is CC(=NOC(=O)[C@@H]1C[C@H]1c1ccccc1)c1ccc(Br)cc1. The van der Waals surface area contributed by atoms with Gasteiger partial charge in [-0.25, -0.2) is 4.79 Å². The van der Waals surface area contributed by atoms with Crippen molar-refractivity contribution >= 4 is 27.6 Å². The number of oxime groups is 1. The maximum absolute atomic E-state index is 12.0. The molecule has 0 N–H and O–H groups in total. The summed E-state index contributed by atoms with van der Waals surface area (Å²) in [6.45, 7) is 1.83. The van der Waals surface area contributed by atoms with Crippen LogP contribution >= 0.6 is 15.9 Å². The number of carbonyl (C=O) groups excluding carboxylic acids is 1. The monoisotopic (exact) mass is 357 g/mol. The van der Waals surface area contributed by atoms with Crippen LogP contribution in [0.1, 0.15) is 30.4 Å². The van der Waals surface area contributed by atoms with Crippen molar-refractivity contribution in [2.45, 2.75) is 19.3 Å². The van der Waals surface area contributed by atoms with E-state index in [4.69, 9.17) is 4.84 Å². The second-order valence-corrected chi connectivity index (χ2v) is 6.37. The van der Waals surface area contributed by atoms with Crippen LogP contribution < -0.4 is 0 Å². The summed E-state index contributed by atoms with van der Waals surface area (Å²) < 4.78 is 1.00. The molecule has 0 saturated heterocycles. The Balaban J connectivity index is 1.59. The second-order valence-electron chi connectivity index (χ2n) is 5.45. The van der Waals surface area contributed by atoms with E-state index in [0.717, 1.165) is 16.5 Å². The van der Waals surface area contributed by atoms with Crippen molar-refractivity contribution < 1.29 is 9.63 Å². The van der Waals surface area contributed by atoms with E-state index in [1.165, 1.54) is 5.56 Å². The lowest BCUT2D eigenvalue weighted by molar-refractivity contribution is -0.145. The Bertz CT molecular complexity index is 695. The van der Waals surface area contributed by atoms with Gasteiger partial charge in [0.25, 0.3) is 0 Å². The molecule has 0 amide bonds. The Morgan fingerprint density at radius 3 is 2.50 bits per heavy atom. The van der Waals surface area contributed by atoms with Crippen molar-refractivity contribution in [1.29, 1.82) is 0 Å². The third kappa shape index (κ3) is 3.45. The summed E-state index contributed by atoms with van der Waals surface area (Å²) in [5.74, 6) is -0.0360. The predicted molar refractivity (Wildman–Crippen MR) is 89.7 cm³/mol. The smallest absolute Gasteiger partial charge is 0.318 e. The van der Waals surface area contributed by atoms with Crippen molar-refractivity contribution in [1.82, 2.24) is 0 Å². The molecule has 0 unspecified atom stereocenters. The van der Waals surface area contributed by atoms with E-state index >= 15 is 0 Å². The van der Waals surface area contributed by atoms with Gasteiger partial charge >= 0.3 is 5.97 Å². The topological polar surface area (TPSA) is 38.7 Å². The molecule has 1 aliphatic carbocycles. The van der Waals surface area contributed by atoms with E-state index in [1.807, 2.05) is 61.5 Å². The third-order valence-corrected chi connectivity index (χ3v) is 4.38. The molecule has 3 nitrogen and oxygen atoms in total. The molecule has 2 atom stereocenters. The molecule has 0 bridgehead atoms. The van der Waals surface area contributed by atoms with E-state index in [1.54, 1.807) is 0 Å². The van der Waals surface area contributed by atoms with Crippen molar-refractivity contribution in [3.8, 4) is 0 Å². The van der Waals surface area contributed by atoms with E-state index in [-0.39, 0.29) is 17.8 Å². The molecule has 0 aliphatic heterocycles. The Kier molecular flexibility index (Phi) is 4.39. The summed E-state index contributed by atoms with van der Waals surface area (Å²) in [5.41, 5.74) is 2.82. The van der Waals surface area contributed by atoms with Crippen LogP contribution in [-0.4, -0.2) is 11.7 Å². The minimum atomic E-state index is -0.245. The van der Waals surface area contributed by atoms with Gasteiger partial charge in [0, 0.05) is 4.47 Å². The van der Waals surface area contributed by atoms with Crippen molar-refractivity contribution in [2.24, 2.45) is 11.1 Å². The number of nitrogens with zero attached hydrogens (tertiary/aromatic N) is 1. The Morgan fingerprint density at radius 2 is 1.82 bits per heavy atom. The number of hydrogen-bond acceptors (Lipinski definition) is 3. The molecule has 1 saturated carbocycles. The van der Waals surface area contributed by atoms with Crippen LogP contribution in [0, 0.1) is 5.92 Å². The van der Waals surface area contributed by atoms with Gasteiger partial charge in [-0.2, -0.15) is 0 Å². The van der Waals surface area contributed by atoms with Crippen LogP contribution in [0.4, 0.5) is 0 Å². The maximum Gasteiger partial charge on any atom is 0.338 e. The lowest BCUT2D eigenvalue weighted by Crippen LogP contribution is -2.06. The fourth-order valence-electron chi connectivity index (χ4n) is 2.45. The van der Waals surface area contributed by atoms with E-state index < -0.39 is 0 Å². The largest absolute Gasteiger partial charge is 0.338 e. The first-order valence-corrected chi connectivity index (χ1v) is 8.01. The zero-order valence-corrected chi connectivity index (χ0v) is 13.8. The lowest BCUT2D eigenvalue weighted by atomic mass is 10.1. The lowest BCUT2D eigenvalue weighted by Gasteiger charge is -2.02. The number of rotatable bonds is 4. The summed E-state index contributed by atoms with van der Waals surface area (Å²) in [4.78, 5) is 17.1. The van der Waals surface area contributed by atoms with E-state index in [0.29, 0.717) is 5.71 Å². The molecule has 4 heteroatoms. The maximum atomic E-state index is 12.0. The van der Waals surface area contributed by atoms with Crippen LogP contribution in [0.15, 0.2) is 64.2 Å². The number of benzene rings is 2. The van der Waals surface area contributed by atoms with Crippen molar-refractivity contribution in [3.63, 3.8) is 0 Å². The molecule has 0 spiro atoms. The third-order valence-electron chi connectivity index (χ3n) is 3.86. The molecular formula is C18H16BrNO2. The summed E-state index contributed by atoms with van der Waals surface area (Å²) in [7, 11) is 0. The molecule has 0 aromatic heterocycles. The van der Waals surface area contributed by atoms with Gasteiger partial charge in [-0.3, -0.25) is 0 Å². The minimum Gasteiger partial charge on any atom is -0.318 e. The Labute approximate surface area is 138 Å². The van der Waals surface area contributed by atoms with E-state index in [2.05, 4.69) is 21.1 Å². The number of carbonyl (C=O) groups is 1. The highest BCUT2D eigenvalue weighted by Gasteiger charge is 2.45. The predicted octanol–water partition coefficient (Wildman–Crippen LogP) is 4.52. The van der Waals surface area contributed by atoms with Gasteiger partial charge in [0.05, 0.1) is 11.6 Å². The first kappa shape index (κ1) is 15.0. The summed E-state index contributed by atoms with van der Waals surface area (Å²) in [6, 6.07) is 17.8. The average Bonchev–Trinajstić information content (AvgIpc) is 3.34. The van der Waals surface area contributed by atoms with Gasteiger partial charge in [0.2, 0.25) is 0 Å².